The Kier molecular flexibility index (Phi) is 3.45. The molecule has 1 aliphatic heterocycles. The molecule has 0 unspecified atom stereocenters. The quantitative estimate of drug-likeness (QED) is 0.419. The number of carbonyl (C=O) groups excluding carboxylic acids is 1. The Morgan fingerprint density at radius 3 is 2.79 bits per heavy atom. The monoisotopic (exact) mass is 203 g/mol. The molecule has 14 heavy (non-hydrogen) atoms. The topological polar surface area (TPSA) is 99.0 Å². The van der Waals surface area contributed by atoms with Crippen molar-refractivity contribution in [3.8, 4) is 0 Å². The van der Waals surface area contributed by atoms with Gasteiger partial charge < -0.3 is 25.4 Å². The van der Waals surface area contributed by atoms with Gasteiger partial charge in [-0.25, -0.2) is 0 Å². The number of amides is 1. The highest BCUT2D eigenvalue weighted by atomic mass is 16.5. The lowest BCUT2D eigenvalue weighted by molar-refractivity contribution is -0.120. The zero-order valence-corrected chi connectivity index (χ0v) is 7.67. The van der Waals surface area contributed by atoms with E-state index in [2.05, 4.69) is 5.32 Å². The van der Waals surface area contributed by atoms with E-state index in [4.69, 9.17) is 9.84 Å². The van der Waals surface area contributed by atoms with Crippen molar-refractivity contribution >= 4 is 5.91 Å². The van der Waals surface area contributed by atoms with Crippen molar-refractivity contribution in [3.05, 3.63) is 12.0 Å². The van der Waals surface area contributed by atoms with Crippen LogP contribution in [0.25, 0.3) is 0 Å². The van der Waals surface area contributed by atoms with Crippen molar-refractivity contribution in [2.75, 3.05) is 6.61 Å². The molecule has 0 saturated heterocycles. The van der Waals surface area contributed by atoms with Crippen LogP contribution < -0.4 is 5.32 Å². The van der Waals surface area contributed by atoms with Crippen LogP contribution in [0.5, 0.6) is 0 Å². The normalized spacial score (nSPS) is 31.7. The van der Waals surface area contributed by atoms with Crippen molar-refractivity contribution < 1.29 is 24.9 Å². The third-order valence-electron chi connectivity index (χ3n) is 1.89. The Morgan fingerprint density at radius 1 is 1.64 bits per heavy atom. The van der Waals surface area contributed by atoms with Gasteiger partial charge in [0.2, 0.25) is 5.91 Å². The predicted octanol–water partition coefficient (Wildman–Crippen LogP) is -1.92. The van der Waals surface area contributed by atoms with E-state index in [0.717, 1.165) is 6.26 Å². The first kappa shape index (κ1) is 11.0. The number of ether oxygens (including phenoxy) is 1. The van der Waals surface area contributed by atoms with E-state index in [0.29, 0.717) is 0 Å². The summed E-state index contributed by atoms with van der Waals surface area (Å²) < 4.78 is 4.89. The highest BCUT2D eigenvalue weighted by molar-refractivity contribution is 5.75. The molecule has 1 heterocycles. The smallest absolute Gasteiger partial charge is 0.221 e. The zero-order valence-electron chi connectivity index (χ0n) is 7.67. The fraction of sp³-hybridized carbons (Fsp3) is 0.625. The van der Waals surface area contributed by atoms with Crippen LogP contribution in [0.2, 0.25) is 0 Å². The summed E-state index contributed by atoms with van der Waals surface area (Å²) in [5, 5.41) is 29.9. The molecule has 0 aromatic carbocycles. The molecule has 0 radical (unpaired) electrons. The molecule has 6 heteroatoms. The van der Waals surface area contributed by atoms with Gasteiger partial charge in [-0.15, -0.1) is 0 Å². The fourth-order valence-corrected chi connectivity index (χ4v) is 1.16. The number of rotatable bonds is 2. The first-order chi connectivity index (χ1) is 6.56. The molecule has 0 aliphatic carbocycles. The number of aliphatic hydroxyl groups excluding tert-OH is 3. The summed E-state index contributed by atoms with van der Waals surface area (Å²) in [6, 6.07) is 0. The summed E-state index contributed by atoms with van der Waals surface area (Å²) in [5.74, 6) is -0.367. The first-order valence-corrected chi connectivity index (χ1v) is 4.16. The maximum atomic E-state index is 10.7. The van der Waals surface area contributed by atoms with E-state index in [9.17, 15) is 15.0 Å². The van der Waals surface area contributed by atoms with Crippen LogP contribution in [-0.2, 0) is 9.53 Å². The Bertz CT molecular complexity index is 252. The SMILES string of the molecule is CC(=O)NC1=CO[C@H](CO)[C@@H](O)[C@@H]1O. The van der Waals surface area contributed by atoms with Crippen LogP contribution in [0.4, 0.5) is 0 Å². The van der Waals surface area contributed by atoms with Crippen LogP contribution in [-0.4, -0.2) is 46.1 Å². The Hall–Kier alpha value is -1.11. The second-order valence-electron chi connectivity index (χ2n) is 3.05. The van der Waals surface area contributed by atoms with E-state index in [-0.39, 0.29) is 11.6 Å². The van der Waals surface area contributed by atoms with Crippen molar-refractivity contribution in [2.45, 2.75) is 25.2 Å². The number of carbonyl (C=O) groups is 1. The van der Waals surface area contributed by atoms with Crippen LogP contribution in [0, 0.1) is 0 Å². The molecule has 1 rings (SSSR count). The lowest BCUT2D eigenvalue weighted by Crippen LogP contribution is -2.48. The molecule has 0 spiro atoms. The highest BCUT2D eigenvalue weighted by Crippen LogP contribution is 2.16. The molecule has 0 fully saturated rings. The van der Waals surface area contributed by atoms with E-state index >= 15 is 0 Å². The summed E-state index contributed by atoms with van der Waals surface area (Å²) in [5.41, 5.74) is 0.0923. The van der Waals surface area contributed by atoms with Gasteiger partial charge in [0.25, 0.3) is 0 Å². The molecule has 0 bridgehead atoms. The highest BCUT2D eigenvalue weighted by Gasteiger charge is 2.33. The Balaban J connectivity index is 2.70. The standard InChI is InChI=1S/C8H13NO5/c1-4(11)9-5-3-14-6(2-10)8(13)7(5)12/h3,6-8,10,12-13H,2H2,1H3,(H,9,11)/t6-,7-,8-/m1/s1. The number of nitrogens with one attached hydrogen (secondary N) is 1. The molecular formula is C8H13NO5. The van der Waals surface area contributed by atoms with Gasteiger partial charge in [0.15, 0.2) is 0 Å². The van der Waals surface area contributed by atoms with Crippen LogP contribution in [0.3, 0.4) is 0 Å². The van der Waals surface area contributed by atoms with Crippen molar-refractivity contribution in [2.24, 2.45) is 0 Å². The molecule has 0 aromatic rings. The maximum Gasteiger partial charge on any atom is 0.221 e. The molecule has 80 valence electrons. The fourth-order valence-electron chi connectivity index (χ4n) is 1.16. The predicted molar refractivity (Wildman–Crippen MR) is 45.9 cm³/mol. The molecule has 1 amide bonds. The average Bonchev–Trinajstić information content (AvgIpc) is 2.13. The molecular weight excluding hydrogens is 190 g/mol. The molecule has 0 saturated carbocycles. The number of aliphatic hydroxyl groups is 3. The third-order valence-corrected chi connectivity index (χ3v) is 1.89. The van der Waals surface area contributed by atoms with Gasteiger partial charge in [0, 0.05) is 6.92 Å². The average molecular weight is 203 g/mol. The Morgan fingerprint density at radius 2 is 2.29 bits per heavy atom. The van der Waals surface area contributed by atoms with Gasteiger partial charge >= 0.3 is 0 Å². The minimum absolute atomic E-state index is 0.0923. The van der Waals surface area contributed by atoms with Gasteiger partial charge in [0.1, 0.15) is 24.6 Å². The summed E-state index contributed by atoms with van der Waals surface area (Å²) in [7, 11) is 0. The van der Waals surface area contributed by atoms with Gasteiger partial charge in [-0.3, -0.25) is 4.79 Å². The van der Waals surface area contributed by atoms with Crippen LogP contribution in [0.1, 0.15) is 6.92 Å². The molecule has 6 nitrogen and oxygen atoms in total. The summed E-state index contributed by atoms with van der Waals surface area (Å²) in [6.45, 7) is 0.875. The van der Waals surface area contributed by atoms with E-state index in [1.807, 2.05) is 0 Å². The van der Waals surface area contributed by atoms with Crippen LogP contribution >= 0.6 is 0 Å². The number of hydrogen-bond acceptors (Lipinski definition) is 5. The maximum absolute atomic E-state index is 10.7. The summed E-state index contributed by atoms with van der Waals surface area (Å²) in [6.07, 6.45) is -2.22. The van der Waals surface area contributed by atoms with Crippen molar-refractivity contribution in [1.29, 1.82) is 0 Å². The lowest BCUT2D eigenvalue weighted by Gasteiger charge is -2.30. The minimum Gasteiger partial charge on any atom is -0.491 e. The van der Waals surface area contributed by atoms with Crippen molar-refractivity contribution in [1.82, 2.24) is 5.32 Å². The van der Waals surface area contributed by atoms with Gasteiger partial charge in [0.05, 0.1) is 12.3 Å². The van der Waals surface area contributed by atoms with E-state index in [1.54, 1.807) is 0 Å². The number of hydrogen-bond donors (Lipinski definition) is 4. The molecule has 0 aromatic heterocycles. The van der Waals surface area contributed by atoms with Gasteiger partial charge in [-0.05, 0) is 0 Å². The Labute approximate surface area is 80.8 Å². The van der Waals surface area contributed by atoms with E-state index in [1.165, 1.54) is 6.92 Å². The third kappa shape index (κ3) is 2.22. The molecule has 1 aliphatic rings. The zero-order chi connectivity index (χ0) is 10.7. The van der Waals surface area contributed by atoms with Crippen molar-refractivity contribution in [3.63, 3.8) is 0 Å². The van der Waals surface area contributed by atoms with Gasteiger partial charge in [-0.2, -0.15) is 0 Å². The van der Waals surface area contributed by atoms with Crippen LogP contribution in [0.15, 0.2) is 12.0 Å². The molecule has 4 N–H and O–H groups in total. The largest absolute Gasteiger partial charge is 0.491 e. The second-order valence-corrected chi connectivity index (χ2v) is 3.05. The first-order valence-electron chi connectivity index (χ1n) is 4.16. The summed E-state index contributed by atoms with van der Waals surface area (Å²) in [4.78, 5) is 10.7. The second kappa shape index (κ2) is 4.41. The minimum atomic E-state index is -1.25. The van der Waals surface area contributed by atoms with Gasteiger partial charge in [-0.1, -0.05) is 0 Å². The molecule has 3 atom stereocenters. The summed E-state index contributed by atoms with van der Waals surface area (Å²) >= 11 is 0. The lowest BCUT2D eigenvalue weighted by atomic mass is 10.0. The van der Waals surface area contributed by atoms with E-state index < -0.39 is 24.9 Å².